The fourth-order valence-electron chi connectivity index (χ4n) is 3.04. The molecule has 132 valence electrons. The highest BCUT2D eigenvalue weighted by Gasteiger charge is 2.17. The Morgan fingerprint density at radius 1 is 1.12 bits per heavy atom. The van der Waals surface area contributed by atoms with Crippen molar-refractivity contribution in [3.05, 3.63) is 71.1 Å². The van der Waals surface area contributed by atoms with Gasteiger partial charge in [0.15, 0.2) is 0 Å². The van der Waals surface area contributed by atoms with Gasteiger partial charge in [0, 0.05) is 29.3 Å². The summed E-state index contributed by atoms with van der Waals surface area (Å²) in [6.07, 6.45) is 3.99. The Morgan fingerprint density at radius 2 is 1.96 bits per heavy atom. The Balaban J connectivity index is 1.77. The number of hydrogen-bond acceptors (Lipinski definition) is 3. The Labute approximate surface area is 156 Å². The molecule has 4 rings (SSSR count). The first-order valence-electron chi connectivity index (χ1n) is 8.90. The minimum Gasteiger partial charge on any atom is -0.361 e. The zero-order chi connectivity index (χ0) is 17.9. The zero-order valence-electron chi connectivity index (χ0n) is 14.7. The van der Waals surface area contributed by atoms with Crippen molar-refractivity contribution in [1.82, 2.24) is 8.94 Å². The van der Waals surface area contributed by atoms with E-state index in [1.54, 1.807) is 0 Å². The molecule has 0 spiro atoms. The van der Waals surface area contributed by atoms with Gasteiger partial charge in [0.1, 0.15) is 5.69 Å². The SMILES string of the molecule is CCCCn1sc(-c2ccccc2)c(Nc2ccc3[nH]ccc3c2)c1=O. The van der Waals surface area contributed by atoms with E-state index in [-0.39, 0.29) is 5.56 Å². The monoisotopic (exact) mass is 363 g/mol. The van der Waals surface area contributed by atoms with Crippen LogP contribution in [0.5, 0.6) is 0 Å². The van der Waals surface area contributed by atoms with E-state index in [1.807, 2.05) is 46.6 Å². The topological polar surface area (TPSA) is 49.8 Å². The van der Waals surface area contributed by atoms with Crippen LogP contribution in [0.3, 0.4) is 0 Å². The minimum absolute atomic E-state index is 0.0523. The molecule has 0 saturated carbocycles. The molecule has 4 aromatic rings. The number of benzene rings is 2. The Morgan fingerprint density at radius 3 is 2.77 bits per heavy atom. The van der Waals surface area contributed by atoms with E-state index in [2.05, 4.69) is 35.4 Å². The first-order chi connectivity index (χ1) is 12.8. The van der Waals surface area contributed by atoms with Gasteiger partial charge in [-0.15, -0.1) is 0 Å². The highest BCUT2D eigenvalue weighted by Crippen LogP contribution is 2.33. The summed E-state index contributed by atoms with van der Waals surface area (Å²) in [5.74, 6) is 0. The van der Waals surface area contributed by atoms with Crippen molar-refractivity contribution in [1.29, 1.82) is 0 Å². The second-order valence-electron chi connectivity index (χ2n) is 6.33. The van der Waals surface area contributed by atoms with Crippen LogP contribution in [0.2, 0.25) is 0 Å². The third-order valence-electron chi connectivity index (χ3n) is 4.44. The predicted octanol–water partition coefficient (Wildman–Crippen LogP) is 5.60. The number of unbranched alkanes of at least 4 members (excludes halogenated alkanes) is 1. The van der Waals surface area contributed by atoms with E-state index in [0.717, 1.165) is 46.4 Å². The standard InChI is InChI=1S/C21H21N3OS/c1-2-3-13-24-21(25)19(20(26-24)15-7-5-4-6-8-15)23-17-9-10-18-16(14-17)11-12-22-18/h4-12,14,22-23H,2-3,13H2,1H3. The summed E-state index contributed by atoms with van der Waals surface area (Å²) in [4.78, 5) is 17.2. The first-order valence-corrected chi connectivity index (χ1v) is 9.67. The lowest BCUT2D eigenvalue weighted by atomic mass is 10.1. The molecule has 0 bridgehead atoms. The van der Waals surface area contributed by atoms with Crippen molar-refractivity contribution in [2.75, 3.05) is 5.32 Å². The number of fused-ring (bicyclic) bond motifs is 1. The Kier molecular flexibility index (Phi) is 4.63. The van der Waals surface area contributed by atoms with Gasteiger partial charge in [-0.25, -0.2) is 0 Å². The molecule has 0 fully saturated rings. The zero-order valence-corrected chi connectivity index (χ0v) is 15.5. The molecule has 0 amide bonds. The van der Waals surface area contributed by atoms with Crippen molar-refractivity contribution in [3.8, 4) is 10.4 Å². The lowest BCUT2D eigenvalue weighted by Crippen LogP contribution is -2.15. The van der Waals surface area contributed by atoms with Crippen molar-refractivity contribution in [3.63, 3.8) is 0 Å². The molecule has 26 heavy (non-hydrogen) atoms. The second-order valence-corrected chi connectivity index (χ2v) is 7.36. The van der Waals surface area contributed by atoms with Gasteiger partial charge >= 0.3 is 0 Å². The number of hydrogen-bond donors (Lipinski definition) is 2. The number of H-pyrrole nitrogens is 1. The quantitative estimate of drug-likeness (QED) is 0.468. The van der Waals surface area contributed by atoms with Gasteiger partial charge in [0.05, 0.1) is 4.88 Å². The van der Waals surface area contributed by atoms with Crippen LogP contribution < -0.4 is 10.9 Å². The molecule has 0 aliphatic heterocycles. The van der Waals surface area contributed by atoms with Gasteiger partial charge in [-0.1, -0.05) is 55.2 Å². The molecule has 0 atom stereocenters. The highest BCUT2D eigenvalue weighted by atomic mass is 32.1. The van der Waals surface area contributed by atoms with Crippen LogP contribution in [-0.2, 0) is 6.54 Å². The molecule has 4 nitrogen and oxygen atoms in total. The summed E-state index contributed by atoms with van der Waals surface area (Å²) in [6.45, 7) is 2.90. The van der Waals surface area contributed by atoms with Crippen LogP contribution in [0, 0.1) is 0 Å². The lowest BCUT2D eigenvalue weighted by Gasteiger charge is -2.06. The summed E-state index contributed by atoms with van der Waals surface area (Å²) in [6, 6.07) is 18.2. The number of rotatable bonds is 6. The molecule has 5 heteroatoms. The van der Waals surface area contributed by atoms with Crippen LogP contribution in [-0.4, -0.2) is 8.94 Å². The van der Waals surface area contributed by atoms with E-state index < -0.39 is 0 Å². The number of anilines is 2. The number of aromatic amines is 1. The van der Waals surface area contributed by atoms with Gasteiger partial charge in [-0.3, -0.25) is 8.75 Å². The van der Waals surface area contributed by atoms with E-state index in [4.69, 9.17) is 0 Å². The molecular formula is C21H21N3OS. The molecule has 2 aromatic heterocycles. The fraction of sp³-hybridized carbons (Fsp3) is 0.190. The average molecular weight is 363 g/mol. The molecule has 2 N–H and O–H groups in total. The van der Waals surface area contributed by atoms with Crippen LogP contribution >= 0.6 is 11.5 Å². The van der Waals surface area contributed by atoms with E-state index >= 15 is 0 Å². The summed E-state index contributed by atoms with van der Waals surface area (Å²) in [5.41, 5.74) is 3.79. The fourth-order valence-corrected chi connectivity index (χ4v) is 4.13. The van der Waals surface area contributed by atoms with Crippen molar-refractivity contribution in [2.45, 2.75) is 26.3 Å². The maximum absolute atomic E-state index is 13.0. The van der Waals surface area contributed by atoms with Crippen molar-refractivity contribution in [2.24, 2.45) is 0 Å². The van der Waals surface area contributed by atoms with Crippen LogP contribution in [0.1, 0.15) is 19.8 Å². The number of aryl methyl sites for hydroxylation is 1. The van der Waals surface area contributed by atoms with Gasteiger partial charge in [0.25, 0.3) is 5.56 Å². The highest BCUT2D eigenvalue weighted by molar-refractivity contribution is 7.10. The van der Waals surface area contributed by atoms with E-state index in [9.17, 15) is 4.79 Å². The third kappa shape index (κ3) is 3.18. The van der Waals surface area contributed by atoms with Crippen LogP contribution in [0.25, 0.3) is 21.3 Å². The molecule has 0 aliphatic rings. The predicted molar refractivity (Wildman–Crippen MR) is 111 cm³/mol. The summed E-state index contributed by atoms with van der Waals surface area (Å²) < 4.78 is 1.86. The average Bonchev–Trinajstić information content (AvgIpc) is 3.26. The molecule has 2 aromatic carbocycles. The molecular weight excluding hydrogens is 342 g/mol. The van der Waals surface area contributed by atoms with E-state index in [1.165, 1.54) is 11.5 Å². The normalized spacial score (nSPS) is 11.1. The molecule has 0 aliphatic carbocycles. The van der Waals surface area contributed by atoms with Crippen molar-refractivity contribution >= 4 is 33.8 Å². The Hall–Kier alpha value is -2.79. The van der Waals surface area contributed by atoms with Gasteiger partial charge in [0.2, 0.25) is 0 Å². The van der Waals surface area contributed by atoms with E-state index in [0.29, 0.717) is 5.69 Å². The third-order valence-corrected chi connectivity index (χ3v) is 5.63. The first kappa shape index (κ1) is 16.7. The largest absolute Gasteiger partial charge is 0.361 e. The van der Waals surface area contributed by atoms with Crippen LogP contribution in [0.4, 0.5) is 11.4 Å². The second kappa shape index (κ2) is 7.22. The maximum atomic E-state index is 13.0. The number of nitrogens with one attached hydrogen (secondary N) is 2. The number of aromatic nitrogens is 2. The maximum Gasteiger partial charge on any atom is 0.284 e. The molecule has 2 heterocycles. The summed E-state index contributed by atoms with van der Waals surface area (Å²) in [5, 5.41) is 4.50. The van der Waals surface area contributed by atoms with Gasteiger partial charge in [-0.2, -0.15) is 0 Å². The van der Waals surface area contributed by atoms with Gasteiger partial charge < -0.3 is 10.3 Å². The van der Waals surface area contributed by atoms with Crippen molar-refractivity contribution < 1.29 is 0 Å². The summed E-state index contributed by atoms with van der Waals surface area (Å²) >= 11 is 1.54. The molecule has 0 unspecified atom stereocenters. The summed E-state index contributed by atoms with van der Waals surface area (Å²) in [7, 11) is 0. The number of nitrogens with zero attached hydrogens (tertiary/aromatic N) is 1. The van der Waals surface area contributed by atoms with Crippen LogP contribution in [0.15, 0.2) is 65.6 Å². The Bertz CT molecular complexity index is 1080. The molecule has 0 radical (unpaired) electrons. The minimum atomic E-state index is 0.0523. The molecule has 0 saturated heterocycles. The smallest absolute Gasteiger partial charge is 0.284 e. The van der Waals surface area contributed by atoms with Gasteiger partial charge in [-0.05, 0) is 36.2 Å². The lowest BCUT2D eigenvalue weighted by molar-refractivity contribution is 0.659.